The van der Waals surface area contributed by atoms with Crippen molar-refractivity contribution in [1.82, 2.24) is 34.7 Å². The Labute approximate surface area is 251 Å². The number of nitrogens with zero attached hydrogens (tertiary/aromatic N) is 7. The molecule has 0 bridgehead atoms. The van der Waals surface area contributed by atoms with E-state index in [9.17, 15) is 13.6 Å². The van der Waals surface area contributed by atoms with E-state index in [0.717, 1.165) is 87.0 Å². The molecule has 0 aliphatic carbocycles. The summed E-state index contributed by atoms with van der Waals surface area (Å²) in [5, 5.41) is 13.0. The summed E-state index contributed by atoms with van der Waals surface area (Å²) in [7, 11) is 1.80. The van der Waals surface area contributed by atoms with Crippen molar-refractivity contribution in [3.8, 4) is 11.1 Å². The summed E-state index contributed by atoms with van der Waals surface area (Å²) in [6, 6.07) is 3.89. The zero-order valence-electron chi connectivity index (χ0n) is 25.2. The number of aryl methyl sites for hydroxylation is 2. The molecule has 2 aromatic heterocycles. The number of fused-ring (bicyclic) bond motifs is 2. The number of alkyl halides is 2. The van der Waals surface area contributed by atoms with Gasteiger partial charge in [0.1, 0.15) is 0 Å². The first kappa shape index (κ1) is 28.5. The van der Waals surface area contributed by atoms with Gasteiger partial charge in [-0.3, -0.25) is 14.2 Å². The molecular formula is C32H42F2N8O. The molecule has 2 saturated heterocycles. The summed E-state index contributed by atoms with van der Waals surface area (Å²) in [4.78, 5) is 19.1. The molecule has 7 rings (SSSR count). The molecular weight excluding hydrogens is 550 g/mol. The van der Waals surface area contributed by atoms with E-state index in [1.165, 1.54) is 18.5 Å². The van der Waals surface area contributed by atoms with Crippen molar-refractivity contribution in [2.75, 3.05) is 50.7 Å². The molecule has 2 fully saturated rings. The molecule has 230 valence electrons. The summed E-state index contributed by atoms with van der Waals surface area (Å²) in [5.41, 5.74) is 5.38. The van der Waals surface area contributed by atoms with Crippen molar-refractivity contribution in [3.63, 3.8) is 0 Å². The SMILES string of the molecule is CC(=O)N1CCc2c(c(N3CCCc4cc(-c5cnn(C)c5)c(C(F)F)cc43)nn2C2CCN(CC3CCNCC3)C2)C1. The number of aromatic nitrogens is 4. The second-order valence-electron chi connectivity index (χ2n) is 12.8. The van der Waals surface area contributed by atoms with Crippen molar-refractivity contribution in [2.24, 2.45) is 13.0 Å². The summed E-state index contributed by atoms with van der Waals surface area (Å²) in [6.45, 7) is 8.92. The van der Waals surface area contributed by atoms with Crippen LogP contribution >= 0.6 is 0 Å². The third kappa shape index (κ3) is 5.46. The lowest BCUT2D eigenvalue weighted by molar-refractivity contribution is -0.129. The van der Waals surface area contributed by atoms with E-state index in [4.69, 9.17) is 5.10 Å². The summed E-state index contributed by atoms with van der Waals surface area (Å²) < 4.78 is 32.9. The van der Waals surface area contributed by atoms with Gasteiger partial charge in [0.15, 0.2) is 5.82 Å². The fourth-order valence-electron chi connectivity index (χ4n) is 7.68. The van der Waals surface area contributed by atoms with E-state index < -0.39 is 6.43 Å². The van der Waals surface area contributed by atoms with E-state index in [2.05, 4.69) is 24.9 Å². The number of likely N-dealkylation sites (tertiary alicyclic amines) is 1. The van der Waals surface area contributed by atoms with E-state index in [1.807, 2.05) is 11.0 Å². The van der Waals surface area contributed by atoms with Crippen molar-refractivity contribution < 1.29 is 13.6 Å². The lowest BCUT2D eigenvalue weighted by Crippen LogP contribution is -2.36. The van der Waals surface area contributed by atoms with Crippen LogP contribution in [0.5, 0.6) is 0 Å². The van der Waals surface area contributed by atoms with Gasteiger partial charge in [-0.05, 0) is 74.4 Å². The molecule has 1 unspecified atom stereocenters. The zero-order valence-corrected chi connectivity index (χ0v) is 25.2. The number of hydrogen-bond donors (Lipinski definition) is 1. The van der Waals surface area contributed by atoms with Crippen molar-refractivity contribution in [2.45, 2.75) is 64.5 Å². The van der Waals surface area contributed by atoms with Crippen LogP contribution in [0.15, 0.2) is 24.5 Å². The number of carbonyl (C=O) groups is 1. The van der Waals surface area contributed by atoms with E-state index in [0.29, 0.717) is 30.8 Å². The van der Waals surface area contributed by atoms with Crippen molar-refractivity contribution in [3.05, 3.63) is 46.9 Å². The average molecular weight is 593 g/mol. The van der Waals surface area contributed by atoms with Gasteiger partial charge in [-0.25, -0.2) is 8.78 Å². The Bertz CT molecular complexity index is 1490. The molecule has 9 nitrogen and oxygen atoms in total. The van der Waals surface area contributed by atoms with E-state index in [-0.39, 0.29) is 17.5 Å². The predicted octanol–water partition coefficient (Wildman–Crippen LogP) is 4.46. The van der Waals surface area contributed by atoms with Crippen molar-refractivity contribution in [1.29, 1.82) is 0 Å². The lowest BCUT2D eigenvalue weighted by Gasteiger charge is -2.33. The van der Waals surface area contributed by atoms with E-state index >= 15 is 0 Å². The first-order valence-electron chi connectivity index (χ1n) is 15.9. The van der Waals surface area contributed by atoms with Gasteiger partial charge in [-0.1, -0.05) is 0 Å². The molecule has 1 N–H and O–H groups in total. The van der Waals surface area contributed by atoms with Crippen molar-refractivity contribution >= 4 is 17.4 Å². The first-order valence-corrected chi connectivity index (χ1v) is 15.9. The Kier molecular flexibility index (Phi) is 7.71. The lowest BCUT2D eigenvalue weighted by atomic mass is 9.92. The summed E-state index contributed by atoms with van der Waals surface area (Å²) >= 11 is 0. The molecule has 1 aromatic carbocycles. The number of carbonyl (C=O) groups excluding carboxylic acids is 1. The molecule has 43 heavy (non-hydrogen) atoms. The summed E-state index contributed by atoms with van der Waals surface area (Å²) in [6.07, 6.45) is 6.83. The van der Waals surface area contributed by atoms with Crippen LogP contribution in [0.25, 0.3) is 11.1 Å². The molecule has 3 aromatic rings. The van der Waals surface area contributed by atoms with Crippen LogP contribution < -0.4 is 10.2 Å². The molecule has 6 heterocycles. The number of rotatable bonds is 6. The van der Waals surface area contributed by atoms with Crippen LogP contribution in [0.4, 0.5) is 20.3 Å². The Hall–Kier alpha value is -3.31. The van der Waals surface area contributed by atoms with Crippen LogP contribution in [0.1, 0.15) is 67.5 Å². The maximum atomic E-state index is 14.5. The van der Waals surface area contributed by atoms with Crippen LogP contribution in [-0.4, -0.2) is 81.1 Å². The number of benzene rings is 1. The molecule has 0 radical (unpaired) electrons. The highest BCUT2D eigenvalue weighted by molar-refractivity contribution is 5.78. The average Bonchev–Trinajstić information content (AvgIpc) is 3.75. The van der Waals surface area contributed by atoms with Gasteiger partial charge in [-0.15, -0.1) is 0 Å². The standard InChI is InChI=1S/C32H42F2N8O/c1-21(43)40-13-8-29-28(20-40)32(37-42(29)25-7-12-39(19-25)17-22-5-9-35-10-6-22)41-11-3-4-23-14-26(24-16-36-38(2)18-24)27(31(33)34)15-30(23)41/h14-16,18,22,25,31,35H,3-13,17,19-20H2,1-2H3. The number of halogens is 2. The smallest absolute Gasteiger partial charge is 0.264 e. The Morgan fingerprint density at radius 2 is 1.95 bits per heavy atom. The monoisotopic (exact) mass is 592 g/mol. The van der Waals surface area contributed by atoms with E-state index in [1.54, 1.807) is 37.1 Å². The van der Waals surface area contributed by atoms with Crippen LogP contribution in [0, 0.1) is 5.92 Å². The van der Waals surface area contributed by atoms with Gasteiger partial charge in [0.25, 0.3) is 6.43 Å². The summed E-state index contributed by atoms with van der Waals surface area (Å²) in [5.74, 6) is 1.63. The number of piperidine rings is 1. The molecule has 1 atom stereocenters. The fourth-order valence-corrected chi connectivity index (χ4v) is 7.68. The topological polar surface area (TPSA) is 74.5 Å². The quantitative estimate of drug-likeness (QED) is 0.456. The molecule has 11 heteroatoms. The van der Waals surface area contributed by atoms with Crippen LogP contribution in [0.2, 0.25) is 0 Å². The predicted molar refractivity (Wildman–Crippen MR) is 162 cm³/mol. The number of amides is 1. The number of nitrogens with one attached hydrogen (secondary N) is 1. The first-order chi connectivity index (χ1) is 20.9. The molecule has 1 amide bonds. The zero-order chi connectivity index (χ0) is 29.7. The number of hydrogen-bond acceptors (Lipinski definition) is 6. The maximum absolute atomic E-state index is 14.5. The van der Waals surface area contributed by atoms with Gasteiger partial charge in [0.05, 0.1) is 18.8 Å². The largest absolute Gasteiger partial charge is 0.338 e. The van der Waals surface area contributed by atoms with Crippen LogP contribution in [-0.2, 0) is 31.2 Å². The minimum Gasteiger partial charge on any atom is -0.338 e. The minimum atomic E-state index is -2.62. The molecule has 4 aliphatic heterocycles. The van der Waals surface area contributed by atoms with Gasteiger partial charge in [0, 0.05) is 87.4 Å². The highest BCUT2D eigenvalue weighted by atomic mass is 19.3. The second-order valence-corrected chi connectivity index (χ2v) is 12.8. The highest BCUT2D eigenvalue weighted by Crippen LogP contribution is 2.43. The second kappa shape index (κ2) is 11.6. The minimum absolute atomic E-state index is 0.0154. The molecule has 4 aliphatic rings. The Morgan fingerprint density at radius 1 is 1.12 bits per heavy atom. The van der Waals surface area contributed by atoms with Crippen LogP contribution in [0.3, 0.4) is 0 Å². The normalized spacial score (nSPS) is 21.5. The maximum Gasteiger partial charge on any atom is 0.264 e. The molecule has 0 saturated carbocycles. The third-order valence-electron chi connectivity index (χ3n) is 9.95. The van der Waals surface area contributed by atoms with Gasteiger partial charge >= 0.3 is 0 Å². The van der Waals surface area contributed by atoms with Gasteiger partial charge in [-0.2, -0.15) is 10.2 Å². The third-order valence-corrected chi connectivity index (χ3v) is 9.95. The van der Waals surface area contributed by atoms with Gasteiger partial charge in [0.2, 0.25) is 5.91 Å². The number of anilines is 2. The molecule has 0 spiro atoms. The highest BCUT2D eigenvalue weighted by Gasteiger charge is 2.36. The Morgan fingerprint density at radius 3 is 2.70 bits per heavy atom. The van der Waals surface area contributed by atoms with Gasteiger partial charge < -0.3 is 20.0 Å². The Balaban J connectivity index is 1.25. The fraction of sp³-hybridized carbons (Fsp3) is 0.594.